The van der Waals surface area contributed by atoms with Gasteiger partial charge in [0.15, 0.2) is 0 Å². The summed E-state index contributed by atoms with van der Waals surface area (Å²) in [6.07, 6.45) is 0. The van der Waals surface area contributed by atoms with E-state index in [2.05, 4.69) is 27.3 Å². The van der Waals surface area contributed by atoms with Crippen LogP contribution in [0.25, 0.3) is 0 Å². The zero-order chi connectivity index (χ0) is 10.6. The minimum absolute atomic E-state index is 0.131. The normalized spacial score (nSPS) is 11.6. The van der Waals surface area contributed by atoms with Crippen LogP contribution in [0.3, 0.4) is 0 Å². The quantitative estimate of drug-likeness (QED) is 0.671. The molecule has 14 heavy (non-hydrogen) atoms. The summed E-state index contributed by atoms with van der Waals surface area (Å²) in [5.41, 5.74) is 0. The second kappa shape index (κ2) is 5.29. The monoisotopic (exact) mass is 345 g/mol. The Labute approximate surface area is 102 Å². The van der Waals surface area contributed by atoms with Crippen molar-refractivity contribution in [1.82, 2.24) is 4.72 Å². The number of rotatable bonds is 4. The Bertz CT molecular complexity index is 408. The van der Waals surface area contributed by atoms with Crippen LogP contribution < -0.4 is 4.72 Å². The molecule has 0 amide bonds. The van der Waals surface area contributed by atoms with Crippen molar-refractivity contribution in [3.05, 3.63) is 29.3 Å². The minimum atomic E-state index is -3.44. The van der Waals surface area contributed by atoms with Crippen LogP contribution in [0.4, 0.5) is 0 Å². The number of benzene rings is 1. The van der Waals surface area contributed by atoms with Gasteiger partial charge < -0.3 is 0 Å². The first-order chi connectivity index (χ1) is 6.58. The average molecular weight is 346 g/mol. The highest BCUT2D eigenvalue weighted by Gasteiger charge is 2.15. The molecule has 0 saturated heterocycles. The first kappa shape index (κ1) is 12.2. The van der Waals surface area contributed by atoms with E-state index in [-0.39, 0.29) is 9.92 Å². The molecule has 1 N–H and O–H groups in total. The Hall–Kier alpha value is 0.150. The lowest BCUT2D eigenvalue weighted by Gasteiger charge is -2.06. The molecule has 0 aliphatic carbocycles. The smallest absolute Gasteiger partial charge is 0.210 e. The second-order valence-corrected chi connectivity index (χ2v) is 5.74. The molecule has 78 valence electrons. The molecule has 0 fully saturated rings. The van der Waals surface area contributed by atoms with Gasteiger partial charge >= 0.3 is 0 Å². The fraction of sp³-hybridized carbons (Fsp3) is 0.250. The lowest BCUT2D eigenvalue weighted by Crippen LogP contribution is -2.25. The number of alkyl halides is 1. The summed E-state index contributed by atoms with van der Waals surface area (Å²) >= 11 is 7.86. The van der Waals surface area contributed by atoms with Crippen molar-refractivity contribution >= 4 is 44.2 Å². The predicted molar refractivity (Wildman–Crippen MR) is 65.5 cm³/mol. The Morgan fingerprint density at radius 2 is 2.00 bits per heavy atom. The zero-order valence-electron chi connectivity index (χ0n) is 7.20. The maximum atomic E-state index is 11.6. The molecule has 0 unspecified atom stereocenters. The molecule has 1 rings (SSSR count). The molecule has 3 nitrogen and oxygen atoms in total. The maximum absolute atomic E-state index is 11.6. The third-order valence-electron chi connectivity index (χ3n) is 1.51. The largest absolute Gasteiger partial charge is 0.242 e. The van der Waals surface area contributed by atoms with Crippen LogP contribution >= 0.6 is 34.2 Å². The van der Waals surface area contributed by atoms with Crippen LogP contribution in [-0.2, 0) is 10.0 Å². The van der Waals surface area contributed by atoms with Crippen LogP contribution in [0.15, 0.2) is 29.2 Å². The molecule has 0 radical (unpaired) electrons. The summed E-state index contributed by atoms with van der Waals surface area (Å²) < 4.78 is 26.4. The molecule has 0 aromatic heterocycles. The molecule has 0 spiro atoms. The Morgan fingerprint density at radius 1 is 1.36 bits per heavy atom. The topological polar surface area (TPSA) is 46.2 Å². The maximum Gasteiger partial charge on any atom is 0.242 e. The highest BCUT2D eigenvalue weighted by atomic mass is 127. The lowest BCUT2D eigenvalue weighted by molar-refractivity contribution is 0.584. The Kier molecular flexibility index (Phi) is 4.62. The van der Waals surface area contributed by atoms with Gasteiger partial charge in [0, 0.05) is 11.0 Å². The molecule has 1 aromatic rings. The van der Waals surface area contributed by atoms with Gasteiger partial charge in [-0.15, -0.1) is 0 Å². The molecular weight excluding hydrogens is 337 g/mol. The summed E-state index contributed by atoms with van der Waals surface area (Å²) in [6, 6.07) is 6.38. The molecular formula is C8H9ClINO2S. The van der Waals surface area contributed by atoms with Crippen molar-refractivity contribution in [3.8, 4) is 0 Å². The van der Waals surface area contributed by atoms with Crippen LogP contribution in [0.2, 0.25) is 5.02 Å². The van der Waals surface area contributed by atoms with Crippen molar-refractivity contribution in [2.45, 2.75) is 4.90 Å². The van der Waals surface area contributed by atoms with Crippen LogP contribution in [0.5, 0.6) is 0 Å². The van der Waals surface area contributed by atoms with E-state index in [1.54, 1.807) is 18.2 Å². The molecule has 1 aromatic carbocycles. The summed E-state index contributed by atoms with van der Waals surface area (Å²) in [6.45, 7) is 0.411. The number of hydrogen-bond donors (Lipinski definition) is 1. The molecule has 6 heteroatoms. The van der Waals surface area contributed by atoms with E-state index in [1.165, 1.54) is 6.07 Å². The van der Waals surface area contributed by atoms with Gasteiger partial charge in [-0.1, -0.05) is 46.3 Å². The van der Waals surface area contributed by atoms with Gasteiger partial charge in [-0.05, 0) is 12.1 Å². The average Bonchev–Trinajstić information content (AvgIpc) is 2.15. The number of hydrogen-bond acceptors (Lipinski definition) is 2. The molecule has 0 heterocycles. The Morgan fingerprint density at radius 3 is 2.57 bits per heavy atom. The fourth-order valence-electron chi connectivity index (χ4n) is 0.913. The summed E-state index contributed by atoms with van der Waals surface area (Å²) in [5, 5.41) is 0.244. The molecule has 0 bridgehead atoms. The molecule has 0 atom stereocenters. The molecule has 0 saturated carbocycles. The van der Waals surface area contributed by atoms with Crippen LogP contribution in [0, 0.1) is 0 Å². The highest BCUT2D eigenvalue weighted by Crippen LogP contribution is 2.19. The van der Waals surface area contributed by atoms with Crippen molar-refractivity contribution < 1.29 is 8.42 Å². The minimum Gasteiger partial charge on any atom is -0.210 e. The van der Waals surface area contributed by atoms with E-state index in [0.29, 0.717) is 6.54 Å². The van der Waals surface area contributed by atoms with Crippen molar-refractivity contribution in [2.24, 2.45) is 0 Å². The third-order valence-corrected chi connectivity index (χ3v) is 4.01. The van der Waals surface area contributed by atoms with Gasteiger partial charge in [-0.3, -0.25) is 0 Å². The second-order valence-electron chi connectivity index (χ2n) is 2.52. The fourth-order valence-corrected chi connectivity index (χ4v) is 3.10. The van der Waals surface area contributed by atoms with Crippen molar-refractivity contribution in [1.29, 1.82) is 0 Å². The van der Waals surface area contributed by atoms with Gasteiger partial charge in [0.05, 0.1) is 5.02 Å². The first-order valence-corrected chi connectivity index (χ1v) is 7.27. The zero-order valence-corrected chi connectivity index (χ0v) is 10.9. The van der Waals surface area contributed by atoms with E-state index in [4.69, 9.17) is 11.6 Å². The van der Waals surface area contributed by atoms with E-state index < -0.39 is 10.0 Å². The van der Waals surface area contributed by atoms with Gasteiger partial charge in [0.25, 0.3) is 0 Å². The van der Waals surface area contributed by atoms with E-state index in [0.717, 1.165) is 4.43 Å². The van der Waals surface area contributed by atoms with Gasteiger partial charge in [-0.2, -0.15) is 0 Å². The SMILES string of the molecule is O=S(=O)(NCCI)c1ccccc1Cl. The standard InChI is InChI=1S/C8H9ClINO2S/c9-7-3-1-2-4-8(7)14(12,13)11-6-5-10/h1-4,11H,5-6H2. The highest BCUT2D eigenvalue weighted by molar-refractivity contribution is 14.1. The van der Waals surface area contributed by atoms with E-state index in [1.807, 2.05) is 0 Å². The lowest BCUT2D eigenvalue weighted by atomic mass is 10.4. The van der Waals surface area contributed by atoms with Crippen LogP contribution in [0.1, 0.15) is 0 Å². The third kappa shape index (κ3) is 3.08. The van der Waals surface area contributed by atoms with Gasteiger partial charge in [0.2, 0.25) is 10.0 Å². The number of nitrogens with one attached hydrogen (secondary N) is 1. The van der Waals surface area contributed by atoms with Crippen LogP contribution in [-0.4, -0.2) is 19.4 Å². The van der Waals surface area contributed by atoms with E-state index >= 15 is 0 Å². The summed E-state index contributed by atoms with van der Waals surface area (Å²) in [5.74, 6) is 0. The summed E-state index contributed by atoms with van der Waals surface area (Å²) in [4.78, 5) is 0.131. The van der Waals surface area contributed by atoms with E-state index in [9.17, 15) is 8.42 Å². The predicted octanol–water partition coefficient (Wildman–Crippen LogP) is 2.05. The van der Waals surface area contributed by atoms with Gasteiger partial charge in [0.1, 0.15) is 4.90 Å². The first-order valence-electron chi connectivity index (χ1n) is 3.88. The van der Waals surface area contributed by atoms with Crippen molar-refractivity contribution in [3.63, 3.8) is 0 Å². The molecule has 0 aliphatic rings. The van der Waals surface area contributed by atoms with Gasteiger partial charge in [-0.25, -0.2) is 13.1 Å². The number of halogens is 2. The summed E-state index contributed by atoms with van der Waals surface area (Å²) in [7, 11) is -3.44. The van der Waals surface area contributed by atoms with Crippen molar-refractivity contribution in [2.75, 3.05) is 11.0 Å². The molecule has 0 aliphatic heterocycles. The Balaban J connectivity index is 2.99. The number of sulfonamides is 1.